The Balaban J connectivity index is 2.55. The SMILES string of the molecule is COC(C)(C)CCOC(c1ccncc1)C(C)N. The highest BCUT2D eigenvalue weighted by atomic mass is 16.5. The zero-order chi connectivity index (χ0) is 13.6. The van der Waals surface area contributed by atoms with Crippen LogP contribution in [0.25, 0.3) is 0 Å². The zero-order valence-corrected chi connectivity index (χ0v) is 11.7. The van der Waals surface area contributed by atoms with E-state index >= 15 is 0 Å². The van der Waals surface area contributed by atoms with Gasteiger partial charge in [-0.25, -0.2) is 0 Å². The van der Waals surface area contributed by atoms with Gasteiger partial charge in [0.1, 0.15) is 0 Å². The van der Waals surface area contributed by atoms with Gasteiger partial charge in [0.05, 0.1) is 18.3 Å². The van der Waals surface area contributed by atoms with Crippen molar-refractivity contribution in [2.75, 3.05) is 13.7 Å². The molecule has 0 saturated heterocycles. The van der Waals surface area contributed by atoms with E-state index in [1.807, 2.05) is 32.9 Å². The van der Waals surface area contributed by atoms with Crippen molar-refractivity contribution in [1.82, 2.24) is 4.98 Å². The fourth-order valence-electron chi connectivity index (χ4n) is 1.64. The average Bonchev–Trinajstić information content (AvgIpc) is 2.35. The lowest BCUT2D eigenvalue weighted by molar-refractivity contribution is -0.0317. The van der Waals surface area contributed by atoms with Crippen LogP contribution >= 0.6 is 0 Å². The van der Waals surface area contributed by atoms with Crippen molar-refractivity contribution in [2.45, 2.75) is 44.9 Å². The van der Waals surface area contributed by atoms with Gasteiger partial charge in [-0.05, 0) is 44.9 Å². The smallest absolute Gasteiger partial charge is 0.0974 e. The summed E-state index contributed by atoms with van der Waals surface area (Å²) < 4.78 is 11.3. The first-order valence-corrected chi connectivity index (χ1v) is 6.28. The number of hydrogen-bond donors (Lipinski definition) is 1. The van der Waals surface area contributed by atoms with Crippen LogP contribution in [-0.2, 0) is 9.47 Å². The third kappa shape index (κ3) is 4.72. The Morgan fingerprint density at radius 1 is 1.33 bits per heavy atom. The number of aromatic nitrogens is 1. The molecule has 2 N–H and O–H groups in total. The van der Waals surface area contributed by atoms with Crippen LogP contribution in [0.1, 0.15) is 38.9 Å². The third-order valence-corrected chi connectivity index (χ3v) is 3.07. The Hall–Kier alpha value is -0.970. The highest BCUT2D eigenvalue weighted by Crippen LogP contribution is 2.21. The maximum absolute atomic E-state index is 5.97. The van der Waals surface area contributed by atoms with Crippen molar-refractivity contribution in [1.29, 1.82) is 0 Å². The highest BCUT2D eigenvalue weighted by molar-refractivity contribution is 5.14. The molecule has 0 aliphatic heterocycles. The summed E-state index contributed by atoms with van der Waals surface area (Å²) in [4.78, 5) is 4.00. The van der Waals surface area contributed by atoms with Crippen LogP contribution in [0.15, 0.2) is 24.5 Å². The largest absolute Gasteiger partial charge is 0.379 e. The lowest BCUT2D eigenvalue weighted by Crippen LogP contribution is -2.30. The van der Waals surface area contributed by atoms with E-state index in [4.69, 9.17) is 15.2 Å². The predicted octanol–water partition coefficient (Wildman–Crippen LogP) is 2.30. The van der Waals surface area contributed by atoms with E-state index in [0.717, 1.165) is 12.0 Å². The molecule has 0 aliphatic carbocycles. The first-order valence-electron chi connectivity index (χ1n) is 6.28. The number of methoxy groups -OCH3 is 1. The van der Waals surface area contributed by atoms with Gasteiger partial charge in [0.25, 0.3) is 0 Å². The standard InChI is InChI=1S/C14H24N2O2/c1-11(15)13(12-5-8-16-9-6-12)18-10-7-14(2,3)17-4/h5-6,8-9,11,13H,7,10,15H2,1-4H3. The summed E-state index contributed by atoms with van der Waals surface area (Å²) in [6.07, 6.45) is 4.25. The Morgan fingerprint density at radius 3 is 2.44 bits per heavy atom. The first kappa shape index (κ1) is 15.1. The maximum atomic E-state index is 5.97. The number of nitrogens with zero attached hydrogens (tertiary/aromatic N) is 1. The number of pyridine rings is 1. The fourth-order valence-corrected chi connectivity index (χ4v) is 1.64. The molecule has 2 unspecified atom stereocenters. The van der Waals surface area contributed by atoms with E-state index in [2.05, 4.69) is 4.98 Å². The van der Waals surface area contributed by atoms with Gasteiger partial charge in [0.15, 0.2) is 0 Å². The van der Waals surface area contributed by atoms with Gasteiger partial charge in [0.2, 0.25) is 0 Å². The number of ether oxygens (including phenoxy) is 2. The minimum atomic E-state index is -0.166. The normalized spacial score (nSPS) is 15.4. The average molecular weight is 252 g/mol. The first-order chi connectivity index (χ1) is 8.46. The lowest BCUT2D eigenvalue weighted by atomic mass is 10.0. The van der Waals surface area contributed by atoms with Crippen LogP contribution in [0.4, 0.5) is 0 Å². The quantitative estimate of drug-likeness (QED) is 0.809. The van der Waals surface area contributed by atoms with E-state index in [-0.39, 0.29) is 17.7 Å². The highest BCUT2D eigenvalue weighted by Gasteiger charge is 2.20. The summed E-state index contributed by atoms with van der Waals surface area (Å²) in [7, 11) is 1.71. The molecule has 1 heterocycles. The summed E-state index contributed by atoms with van der Waals surface area (Å²) in [5.41, 5.74) is 6.87. The molecule has 4 nitrogen and oxygen atoms in total. The number of nitrogens with two attached hydrogens (primary N) is 1. The van der Waals surface area contributed by atoms with E-state index < -0.39 is 0 Å². The van der Waals surface area contributed by atoms with Crippen molar-refractivity contribution in [3.63, 3.8) is 0 Å². The summed E-state index contributed by atoms with van der Waals surface area (Å²) in [5, 5.41) is 0. The molecule has 0 fully saturated rings. The van der Waals surface area contributed by atoms with E-state index in [1.54, 1.807) is 19.5 Å². The molecule has 0 aromatic carbocycles. The second-order valence-electron chi connectivity index (χ2n) is 5.14. The molecule has 102 valence electrons. The molecule has 0 spiro atoms. The summed E-state index contributed by atoms with van der Waals surface area (Å²) in [5.74, 6) is 0. The van der Waals surface area contributed by atoms with E-state index in [1.165, 1.54) is 0 Å². The van der Waals surface area contributed by atoms with Crippen molar-refractivity contribution in [3.05, 3.63) is 30.1 Å². The van der Waals surface area contributed by atoms with Crippen molar-refractivity contribution >= 4 is 0 Å². The predicted molar refractivity (Wildman–Crippen MR) is 72.3 cm³/mol. The number of hydrogen-bond acceptors (Lipinski definition) is 4. The van der Waals surface area contributed by atoms with Gasteiger partial charge in [-0.2, -0.15) is 0 Å². The minimum absolute atomic E-state index is 0.0574. The van der Waals surface area contributed by atoms with Crippen LogP contribution in [-0.4, -0.2) is 30.3 Å². The van der Waals surface area contributed by atoms with Crippen LogP contribution in [0.5, 0.6) is 0 Å². The van der Waals surface area contributed by atoms with Crippen molar-refractivity contribution in [2.24, 2.45) is 5.73 Å². The van der Waals surface area contributed by atoms with Gasteiger partial charge < -0.3 is 15.2 Å². The van der Waals surface area contributed by atoms with Crippen molar-refractivity contribution < 1.29 is 9.47 Å². The monoisotopic (exact) mass is 252 g/mol. The van der Waals surface area contributed by atoms with Crippen molar-refractivity contribution in [3.8, 4) is 0 Å². The topological polar surface area (TPSA) is 57.4 Å². The molecule has 0 radical (unpaired) electrons. The molecule has 0 aliphatic rings. The second kappa shape index (κ2) is 6.83. The van der Waals surface area contributed by atoms with Gasteiger partial charge in [-0.15, -0.1) is 0 Å². The van der Waals surface area contributed by atoms with Gasteiger partial charge in [-0.1, -0.05) is 0 Å². The summed E-state index contributed by atoms with van der Waals surface area (Å²) >= 11 is 0. The molecule has 18 heavy (non-hydrogen) atoms. The maximum Gasteiger partial charge on any atom is 0.0974 e. The van der Waals surface area contributed by atoms with Crippen LogP contribution < -0.4 is 5.73 Å². The molecule has 1 rings (SSSR count). The molecule has 0 amide bonds. The molecule has 1 aromatic rings. The van der Waals surface area contributed by atoms with E-state index in [0.29, 0.717) is 6.61 Å². The van der Waals surface area contributed by atoms with Gasteiger partial charge in [0, 0.05) is 25.5 Å². The van der Waals surface area contributed by atoms with Gasteiger partial charge >= 0.3 is 0 Å². The summed E-state index contributed by atoms with van der Waals surface area (Å²) in [6.45, 7) is 6.66. The van der Waals surface area contributed by atoms with Crippen LogP contribution in [0, 0.1) is 0 Å². The zero-order valence-electron chi connectivity index (χ0n) is 11.7. The molecule has 2 atom stereocenters. The molecule has 4 heteroatoms. The van der Waals surface area contributed by atoms with Crippen LogP contribution in [0.3, 0.4) is 0 Å². The third-order valence-electron chi connectivity index (χ3n) is 3.07. The fraction of sp³-hybridized carbons (Fsp3) is 0.643. The van der Waals surface area contributed by atoms with Gasteiger partial charge in [-0.3, -0.25) is 4.98 Å². The Kier molecular flexibility index (Phi) is 5.72. The second-order valence-corrected chi connectivity index (χ2v) is 5.14. The number of rotatable bonds is 7. The van der Waals surface area contributed by atoms with Crippen LogP contribution in [0.2, 0.25) is 0 Å². The molecule has 0 saturated carbocycles. The Bertz CT molecular complexity index is 339. The molecular formula is C14H24N2O2. The molecule has 0 bridgehead atoms. The minimum Gasteiger partial charge on any atom is -0.379 e. The molecular weight excluding hydrogens is 228 g/mol. The summed E-state index contributed by atoms with van der Waals surface area (Å²) in [6, 6.07) is 3.82. The van der Waals surface area contributed by atoms with E-state index in [9.17, 15) is 0 Å². The lowest BCUT2D eigenvalue weighted by Gasteiger charge is -2.26. The Labute approximate surface area is 110 Å². The molecule has 1 aromatic heterocycles. The Morgan fingerprint density at radius 2 is 1.94 bits per heavy atom.